The van der Waals surface area contributed by atoms with Crippen LogP contribution in [-0.2, 0) is 4.79 Å². The standard InChI is InChI=1S/C17H19F3N4O2/c1-10-5-6-24(10)16(25)11(2)23-15-13-4-3-12(26-8-17(18,19)20)7-14(13)21-9-22-15/h3-4,7,9-11H,5-6,8H2,1-2H3,(H,21,22,23)/t10-,11+/m0/s1. The van der Waals surface area contributed by atoms with E-state index in [0.29, 0.717) is 16.7 Å². The Bertz CT molecular complexity index is 812. The lowest BCUT2D eigenvalue weighted by Crippen LogP contribution is -2.53. The van der Waals surface area contributed by atoms with Crippen molar-refractivity contribution >= 4 is 22.6 Å². The molecule has 1 aromatic heterocycles. The zero-order valence-corrected chi connectivity index (χ0v) is 14.4. The molecule has 1 aliphatic heterocycles. The molecule has 1 aromatic carbocycles. The smallest absolute Gasteiger partial charge is 0.422 e. The van der Waals surface area contributed by atoms with Gasteiger partial charge >= 0.3 is 6.18 Å². The Hall–Kier alpha value is -2.58. The number of nitrogens with one attached hydrogen (secondary N) is 1. The van der Waals surface area contributed by atoms with Gasteiger partial charge in [-0.2, -0.15) is 13.2 Å². The molecule has 2 aromatic rings. The van der Waals surface area contributed by atoms with Crippen molar-refractivity contribution in [3.63, 3.8) is 0 Å². The van der Waals surface area contributed by atoms with Gasteiger partial charge in [0.05, 0.1) is 5.52 Å². The summed E-state index contributed by atoms with van der Waals surface area (Å²) in [5.74, 6) is 0.505. The summed E-state index contributed by atoms with van der Waals surface area (Å²) < 4.78 is 41.5. The van der Waals surface area contributed by atoms with Gasteiger partial charge in [-0.05, 0) is 32.4 Å². The predicted molar refractivity (Wildman–Crippen MR) is 90.0 cm³/mol. The van der Waals surface area contributed by atoms with Crippen molar-refractivity contribution in [1.29, 1.82) is 0 Å². The molecule has 0 aliphatic carbocycles. The molecule has 6 nitrogen and oxygen atoms in total. The second-order valence-electron chi connectivity index (χ2n) is 6.34. The van der Waals surface area contributed by atoms with Gasteiger partial charge < -0.3 is 15.0 Å². The molecule has 26 heavy (non-hydrogen) atoms. The van der Waals surface area contributed by atoms with Crippen LogP contribution in [0.3, 0.4) is 0 Å². The summed E-state index contributed by atoms with van der Waals surface area (Å²) in [6.07, 6.45) is -2.12. The highest BCUT2D eigenvalue weighted by Crippen LogP contribution is 2.26. The predicted octanol–water partition coefficient (Wildman–Crippen LogP) is 2.99. The fourth-order valence-electron chi connectivity index (χ4n) is 2.77. The highest BCUT2D eigenvalue weighted by atomic mass is 19.4. The number of halogens is 3. The fourth-order valence-corrected chi connectivity index (χ4v) is 2.77. The van der Waals surface area contributed by atoms with E-state index in [-0.39, 0.29) is 17.7 Å². The molecule has 3 rings (SSSR count). The topological polar surface area (TPSA) is 67.4 Å². The van der Waals surface area contributed by atoms with Crippen LogP contribution in [0.1, 0.15) is 20.3 Å². The highest BCUT2D eigenvalue weighted by molar-refractivity contribution is 5.92. The molecule has 1 N–H and O–H groups in total. The van der Waals surface area contributed by atoms with Crippen molar-refractivity contribution in [3.05, 3.63) is 24.5 Å². The average molecular weight is 368 g/mol. The van der Waals surface area contributed by atoms with Crippen molar-refractivity contribution in [1.82, 2.24) is 14.9 Å². The molecule has 1 fully saturated rings. The number of alkyl halides is 3. The molecular weight excluding hydrogens is 349 g/mol. The van der Waals surface area contributed by atoms with E-state index in [1.807, 2.05) is 6.92 Å². The van der Waals surface area contributed by atoms with E-state index >= 15 is 0 Å². The number of hydrogen-bond donors (Lipinski definition) is 1. The molecule has 1 aliphatic rings. The van der Waals surface area contributed by atoms with Gasteiger partial charge in [0.2, 0.25) is 5.91 Å². The maximum atomic E-state index is 12.4. The number of amides is 1. The van der Waals surface area contributed by atoms with Crippen LogP contribution >= 0.6 is 0 Å². The fraction of sp³-hybridized carbons (Fsp3) is 0.471. The average Bonchev–Trinajstić information content (AvgIpc) is 2.58. The molecule has 0 radical (unpaired) electrons. The van der Waals surface area contributed by atoms with Gasteiger partial charge in [0, 0.05) is 24.0 Å². The molecule has 140 valence electrons. The number of fused-ring (bicyclic) bond motifs is 1. The SMILES string of the molecule is C[C@@H](Nc1ncnc2cc(OCC(F)(F)F)ccc12)C(=O)N1CC[C@@H]1C. The molecular formula is C17H19F3N4O2. The molecule has 9 heteroatoms. The Kier molecular flexibility index (Phi) is 4.88. The Morgan fingerprint density at radius 1 is 1.42 bits per heavy atom. The second kappa shape index (κ2) is 6.97. The Morgan fingerprint density at radius 3 is 2.81 bits per heavy atom. The highest BCUT2D eigenvalue weighted by Gasteiger charge is 2.31. The number of nitrogens with zero attached hydrogens (tertiary/aromatic N) is 3. The van der Waals surface area contributed by atoms with Crippen molar-refractivity contribution in [2.45, 2.75) is 38.5 Å². The molecule has 0 unspecified atom stereocenters. The van der Waals surface area contributed by atoms with Crippen LogP contribution in [0.5, 0.6) is 5.75 Å². The van der Waals surface area contributed by atoms with Crippen LogP contribution in [0, 0.1) is 0 Å². The van der Waals surface area contributed by atoms with Crippen molar-refractivity contribution in [2.75, 3.05) is 18.5 Å². The molecule has 1 saturated heterocycles. The number of rotatable bonds is 5. The van der Waals surface area contributed by atoms with E-state index in [9.17, 15) is 18.0 Å². The van der Waals surface area contributed by atoms with Crippen molar-refractivity contribution < 1.29 is 22.7 Å². The maximum Gasteiger partial charge on any atom is 0.422 e. The van der Waals surface area contributed by atoms with Crippen LogP contribution in [0.2, 0.25) is 0 Å². The van der Waals surface area contributed by atoms with Crippen LogP contribution < -0.4 is 10.1 Å². The lowest BCUT2D eigenvalue weighted by molar-refractivity contribution is -0.153. The summed E-state index contributed by atoms with van der Waals surface area (Å²) in [6, 6.07) is 4.18. The minimum atomic E-state index is -4.41. The molecule has 2 heterocycles. The van der Waals surface area contributed by atoms with Crippen molar-refractivity contribution in [3.8, 4) is 5.75 Å². The monoisotopic (exact) mass is 368 g/mol. The molecule has 0 spiro atoms. The first kappa shape index (κ1) is 18.2. The summed E-state index contributed by atoms with van der Waals surface area (Å²) in [5.41, 5.74) is 0.430. The maximum absolute atomic E-state index is 12.4. The summed E-state index contributed by atoms with van der Waals surface area (Å²) in [4.78, 5) is 22.4. The Morgan fingerprint density at radius 2 is 2.19 bits per heavy atom. The number of hydrogen-bond acceptors (Lipinski definition) is 5. The molecule has 0 bridgehead atoms. The van der Waals surface area contributed by atoms with Crippen LogP contribution in [0.25, 0.3) is 10.9 Å². The summed E-state index contributed by atoms with van der Waals surface area (Å²) in [6.45, 7) is 3.13. The van der Waals surface area contributed by atoms with Crippen LogP contribution in [-0.4, -0.2) is 52.2 Å². The Labute approximate surface area is 148 Å². The lowest BCUT2D eigenvalue weighted by atomic mass is 10.0. The first-order valence-electron chi connectivity index (χ1n) is 8.26. The number of anilines is 1. The van der Waals surface area contributed by atoms with Crippen LogP contribution in [0.4, 0.5) is 19.0 Å². The minimum absolute atomic E-state index is 0.0133. The number of benzene rings is 1. The molecule has 2 atom stereocenters. The van der Waals surface area contributed by atoms with Crippen LogP contribution in [0.15, 0.2) is 24.5 Å². The number of carbonyl (C=O) groups excluding carboxylic acids is 1. The molecule has 0 saturated carbocycles. The summed E-state index contributed by atoms with van der Waals surface area (Å²) in [5, 5.41) is 3.67. The zero-order valence-electron chi connectivity index (χ0n) is 14.4. The number of ether oxygens (including phenoxy) is 1. The van der Waals surface area contributed by atoms with E-state index < -0.39 is 18.8 Å². The third kappa shape index (κ3) is 3.97. The first-order chi connectivity index (χ1) is 12.2. The molecule has 1 amide bonds. The van der Waals surface area contributed by atoms with Gasteiger partial charge in [0.25, 0.3) is 0 Å². The van der Waals surface area contributed by atoms with Crippen molar-refractivity contribution in [2.24, 2.45) is 0 Å². The van der Waals surface area contributed by atoms with Gasteiger partial charge in [-0.15, -0.1) is 0 Å². The largest absolute Gasteiger partial charge is 0.484 e. The third-order valence-electron chi connectivity index (χ3n) is 4.34. The van der Waals surface area contributed by atoms with E-state index in [1.54, 1.807) is 17.9 Å². The van der Waals surface area contributed by atoms with E-state index in [2.05, 4.69) is 15.3 Å². The minimum Gasteiger partial charge on any atom is -0.484 e. The van der Waals surface area contributed by atoms with E-state index in [1.165, 1.54) is 18.5 Å². The zero-order chi connectivity index (χ0) is 18.9. The summed E-state index contributed by atoms with van der Waals surface area (Å²) >= 11 is 0. The van der Waals surface area contributed by atoms with Gasteiger partial charge in [-0.1, -0.05) is 0 Å². The lowest BCUT2D eigenvalue weighted by Gasteiger charge is -2.40. The summed E-state index contributed by atoms with van der Waals surface area (Å²) in [7, 11) is 0. The normalized spacial score (nSPS) is 18.3. The van der Waals surface area contributed by atoms with Gasteiger partial charge in [0.1, 0.15) is 23.9 Å². The van der Waals surface area contributed by atoms with E-state index in [0.717, 1.165) is 13.0 Å². The number of aromatic nitrogens is 2. The third-order valence-corrected chi connectivity index (χ3v) is 4.34. The second-order valence-corrected chi connectivity index (χ2v) is 6.34. The van der Waals surface area contributed by atoms with E-state index in [4.69, 9.17) is 4.74 Å². The number of carbonyl (C=O) groups is 1. The Balaban J connectivity index is 1.75. The first-order valence-corrected chi connectivity index (χ1v) is 8.26. The number of likely N-dealkylation sites (tertiary alicyclic amines) is 1. The quantitative estimate of drug-likeness (QED) is 0.879. The van der Waals surface area contributed by atoms with Gasteiger partial charge in [0.15, 0.2) is 6.61 Å². The van der Waals surface area contributed by atoms with Gasteiger partial charge in [-0.25, -0.2) is 9.97 Å². The van der Waals surface area contributed by atoms with Gasteiger partial charge in [-0.3, -0.25) is 4.79 Å².